The fraction of sp³-hybridized carbons (Fsp3) is 0.600. The highest BCUT2D eigenvalue weighted by atomic mass is 32.2. The van der Waals surface area contributed by atoms with E-state index in [1.807, 2.05) is 6.08 Å². The SMILES string of the molecule is C[C@@H]1SC(=O)C[C@@H]1[C@]1(C)C=CC(=O)S1. The molecule has 76 valence electrons. The first-order chi connectivity index (χ1) is 6.51. The zero-order chi connectivity index (χ0) is 10.3. The lowest BCUT2D eigenvalue weighted by molar-refractivity contribution is -0.111. The van der Waals surface area contributed by atoms with Gasteiger partial charge < -0.3 is 0 Å². The Kier molecular flexibility index (Phi) is 2.52. The summed E-state index contributed by atoms with van der Waals surface area (Å²) < 4.78 is -0.157. The van der Waals surface area contributed by atoms with Gasteiger partial charge in [-0.05, 0) is 18.9 Å². The van der Waals surface area contributed by atoms with Crippen LogP contribution in [0.5, 0.6) is 0 Å². The number of hydrogen-bond donors (Lipinski definition) is 0. The van der Waals surface area contributed by atoms with Crippen molar-refractivity contribution in [3.8, 4) is 0 Å². The molecule has 0 spiro atoms. The zero-order valence-corrected chi connectivity index (χ0v) is 9.78. The molecule has 1 fully saturated rings. The van der Waals surface area contributed by atoms with Crippen LogP contribution in [-0.4, -0.2) is 20.2 Å². The van der Waals surface area contributed by atoms with Crippen LogP contribution in [0.15, 0.2) is 12.2 Å². The molecule has 0 unspecified atom stereocenters. The van der Waals surface area contributed by atoms with E-state index in [-0.39, 0.29) is 15.0 Å². The molecule has 0 N–H and O–H groups in total. The van der Waals surface area contributed by atoms with Crippen molar-refractivity contribution in [2.24, 2.45) is 5.92 Å². The summed E-state index contributed by atoms with van der Waals surface area (Å²) in [5.74, 6) is 0.299. The molecule has 14 heavy (non-hydrogen) atoms. The molecule has 2 rings (SSSR count). The summed E-state index contributed by atoms with van der Waals surface area (Å²) in [5.41, 5.74) is 0. The second kappa shape index (κ2) is 3.42. The van der Waals surface area contributed by atoms with Gasteiger partial charge >= 0.3 is 0 Å². The molecule has 4 heteroatoms. The van der Waals surface area contributed by atoms with Gasteiger partial charge in [-0.2, -0.15) is 0 Å². The van der Waals surface area contributed by atoms with Crippen LogP contribution in [0.2, 0.25) is 0 Å². The smallest absolute Gasteiger partial charge is 0.212 e. The molecule has 0 bridgehead atoms. The van der Waals surface area contributed by atoms with Gasteiger partial charge in [-0.3, -0.25) is 9.59 Å². The number of thioether (sulfide) groups is 2. The predicted molar refractivity (Wildman–Crippen MR) is 60.3 cm³/mol. The van der Waals surface area contributed by atoms with E-state index in [4.69, 9.17) is 0 Å². The van der Waals surface area contributed by atoms with Gasteiger partial charge in [-0.25, -0.2) is 0 Å². The van der Waals surface area contributed by atoms with Crippen molar-refractivity contribution >= 4 is 33.8 Å². The first kappa shape index (κ1) is 10.3. The van der Waals surface area contributed by atoms with Gasteiger partial charge in [0, 0.05) is 16.4 Å². The predicted octanol–water partition coefficient (Wildman–Crippen LogP) is 2.24. The second-order valence-electron chi connectivity index (χ2n) is 3.94. The Morgan fingerprint density at radius 2 is 2.21 bits per heavy atom. The summed E-state index contributed by atoms with van der Waals surface area (Å²) >= 11 is 2.77. The second-order valence-corrected chi connectivity index (χ2v) is 6.86. The summed E-state index contributed by atoms with van der Waals surface area (Å²) in [6.45, 7) is 4.13. The molecule has 1 saturated heterocycles. The van der Waals surface area contributed by atoms with Crippen molar-refractivity contribution in [2.45, 2.75) is 30.3 Å². The van der Waals surface area contributed by atoms with E-state index in [9.17, 15) is 9.59 Å². The minimum atomic E-state index is -0.157. The minimum Gasteiger partial charge on any atom is -0.287 e. The third-order valence-electron chi connectivity index (χ3n) is 2.88. The normalized spacial score (nSPS) is 42.4. The maximum Gasteiger partial charge on any atom is 0.212 e. The summed E-state index contributed by atoms with van der Waals surface area (Å²) in [6.07, 6.45) is 4.19. The molecule has 0 aromatic rings. The van der Waals surface area contributed by atoms with E-state index in [1.165, 1.54) is 23.5 Å². The molecule has 0 aromatic carbocycles. The van der Waals surface area contributed by atoms with Crippen molar-refractivity contribution in [1.82, 2.24) is 0 Å². The van der Waals surface area contributed by atoms with Gasteiger partial charge in [0.05, 0.1) is 0 Å². The fourth-order valence-electron chi connectivity index (χ4n) is 2.07. The third-order valence-corrected chi connectivity index (χ3v) is 5.22. The minimum absolute atomic E-state index is 0.115. The topological polar surface area (TPSA) is 34.1 Å². The van der Waals surface area contributed by atoms with E-state index >= 15 is 0 Å². The highest BCUT2D eigenvalue weighted by molar-refractivity contribution is 8.16. The van der Waals surface area contributed by atoms with Crippen molar-refractivity contribution in [1.29, 1.82) is 0 Å². The van der Waals surface area contributed by atoms with Crippen molar-refractivity contribution in [3.05, 3.63) is 12.2 Å². The van der Waals surface area contributed by atoms with Crippen molar-refractivity contribution in [3.63, 3.8) is 0 Å². The Morgan fingerprint density at radius 3 is 2.64 bits per heavy atom. The van der Waals surface area contributed by atoms with Gasteiger partial charge in [-0.15, -0.1) is 0 Å². The Hall–Kier alpha value is -0.220. The van der Waals surface area contributed by atoms with Crippen molar-refractivity contribution in [2.75, 3.05) is 0 Å². The number of carbonyl (C=O) groups excluding carboxylic acids is 2. The molecular weight excluding hydrogens is 216 g/mol. The van der Waals surface area contributed by atoms with E-state index in [0.29, 0.717) is 17.6 Å². The maximum atomic E-state index is 11.3. The number of rotatable bonds is 1. The Balaban J connectivity index is 2.19. The standard InChI is InChI=1S/C10H12O2S2/c1-6-7(5-9(12)13-6)10(2)4-3-8(11)14-10/h3-4,6-7H,5H2,1-2H3/t6-,7-,10-/m0/s1. The molecule has 2 heterocycles. The van der Waals surface area contributed by atoms with Gasteiger partial charge in [0.15, 0.2) is 5.12 Å². The zero-order valence-electron chi connectivity index (χ0n) is 8.15. The van der Waals surface area contributed by atoms with E-state index in [0.717, 1.165) is 0 Å². The summed E-state index contributed by atoms with van der Waals surface area (Å²) in [5, 5.41) is 0.705. The van der Waals surface area contributed by atoms with Gasteiger partial charge in [0.2, 0.25) is 5.12 Å². The van der Waals surface area contributed by atoms with Crippen LogP contribution in [0, 0.1) is 5.92 Å². The molecule has 3 atom stereocenters. The number of hydrogen-bond acceptors (Lipinski definition) is 4. The maximum absolute atomic E-state index is 11.3. The van der Waals surface area contributed by atoms with Crippen LogP contribution >= 0.6 is 23.5 Å². The van der Waals surface area contributed by atoms with Crippen LogP contribution in [0.1, 0.15) is 20.3 Å². The molecule has 2 aliphatic heterocycles. The largest absolute Gasteiger partial charge is 0.287 e. The Labute approximate surface area is 91.9 Å². The average Bonchev–Trinajstić information content (AvgIpc) is 2.57. The highest BCUT2D eigenvalue weighted by Crippen LogP contribution is 2.49. The third kappa shape index (κ3) is 1.65. The summed E-state index contributed by atoms with van der Waals surface area (Å²) in [7, 11) is 0. The lowest BCUT2D eigenvalue weighted by Gasteiger charge is -2.29. The summed E-state index contributed by atoms with van der Waals surface area (Å²) in [4.78, 5) is 22.5. The highest BCUT2D eigenvalue weighted by Gasteiger charge is 2.45. The van der Waals surface area contributed by atoms with Crippen LogP contribution in [0.3, 0.4) is 0 Å². The van der Waals surface area contributed by atoms with Gasteiger partial charge in [-0.1, -0.05) is 36.5 Å². The van der Waals surface area contributed by atoms with E-state index in [1.54, 1.807) is 6.08 Å². The monoisotopic (exact) mass is 228 g/mol. The lowest BCUT2D eigenvalue weighted by Crippen LogP contribution is -2.31. The molecule has 0 amide bonds. The van der Waals surface area contributed by atoms with Crippen LogP contribution in [0.25, 0.3) is 0 Å². The lowest BCUT2D eigenvalue weighted by atomic mass is 9.88. The first-order valence-electron chi connectivity index (χ1n) is 4.63. The van der Waals surface area contributed by atoms with Crippen LogP contribution < -0.4 is 0 Å². The Morgan fingerprint density at radius 1 is 1.50 bits per heavy atom. The van der Waals surface area contributed by atoms with E-state index in [2.05, 4.69) is 13.8 Å². The van der Waals surface area contributed by atoms with Gasteiger partial charge in [0.25, 0.3) is 0 Å². The number of carbonyl (C=O) groups is 2. The molecule has 0 aliphatic carbocycles. The van der Waals surface area contributed by atoms with Crippen LogP contribution in [-0.2, 0) is 9.59 Å². The molecule has 0 radical (unpaired) electrons. The molecule has 0 saturated carbocycles. The van der Waals surface area contributed by atoms with Crippen LogP contribution in [0.4, 0.5) is 0 Å². The van der Waals surface area contributed by atoms with Crippen molar-refractivity contribution < 1.29 is 9.59 Å². The van der Waals surface area contributed by atoms with E-state index < -0.39 is 0 Å². The quantitative estimate of drug-likeness (QED) is 0.689. The molecular formula is C10H12O2S2. The first-order valence-corrected chi connectivity index (χ1v) is 6.32. The molecule has 0 aromatic heterocycles. The fourth-order valence-corrected chi connectivity index (χ4v) is 4.53. The molecule has 2 aliphatic rings. The Bertz CT molecular complexity index is 324. The molecule has 2 nitrogen and oxygen atoms in total. The van der Waals surface area contributed by atoms with Gasteiger partial charge in [0.1, 0.15) is 0 Å². The summed E-state index contributed by atoms with van der Waals surface area (Å²) in [6, 6.07) is 0. The average molecular weight is 228 g/mol.